The first kappa shape index (κ1) is 21.9. The lowest BCUT2D eigenvalue weighted by molar-refractivity contribution is -0.00843. The summed E-state index contributed by atoms with van der Waals surface area (Å²) in [6.07, 6.45) is 3.63. The second-order valence-corrected chi connectivity index (χ2v) is 7.85. The summed E-state index contributed by atoms with van der Waals surface area (Å²) in [5, 5.41) is 3.61. The highest BCUT2D eigenvalue weighted by Crippen LogP contribution is 2.37. The zero-order valence-corrected chi connectivity index (χ0v) is 18.0. The van der Waals surface area contributed by atoms with Gasteiger partial charge in [0.15, 0.2) is 0 Å². The fourth-order valence-electron chi connectivity index (χ4n) is 3.98. The van der Waals surface area contributed by atoms with Crippen molar-refractivity contribution >= 4 is 0 Å². The van der Waals surface area contributed by atoms with E-state index in [0.29, 0.717) is 13.0 Å². The van der Waals surface area contributed by atoms with Crippen molar-refractivity contribution in [2.45, 2.75) is 37.8 Å². The third-order valence-electron chi connectivity index (χ3n) is 5.78. The van der Waals surface area contributed by atoms with Gasteiger partial charge in [-0.3, -0.25) is 10.3 Å². The van der Waals surface area contributed by atoms with E-state index in [0.717, 1.165) is 22.6 Å². The van der Waals surface area contributed by atoms with Crippen LogP contribution in [-0.4, -0.2) is 4.98 Å². The van der Waals surface area contributed by atoms with E-state index in [4.69, 9.17) is 4.42 Å². The summed E-state index contributed by atoms with van der Waals surface area (Å²) in [5.74, 6) is -2.15. The van der Waals surface area contributed by atoms with E-state index >= 15 is 0 Å². The number of benzene rings is 2. The average Bonchev–Trinajstić information content (AvgIpc) is 3.37. The molecule has 0 saturated carbocycles. The number of pyridine rings is 1. The highest BCUT2D eigenvalue weighted by atomic mass is 19.3. The van der Waals surface area contributed by atoms with Crippen LogP contribution >= 0.6 is 0 Å². The zero-order valence-electron chi connectivity index (χ0n) is 18.0. The van der Waals surface area contributed by atoms with Crippen molar-refractivity contribution in [2.24, 2.45) is 0 Å². The molecular weight excluding hydrogens is 406 g/mol. The Labute approximate surface area is 187 Å². The maximum absolute atomic E-state index is 14.6. The molecule has 2 heterocycles. The Balaban J connectivity index is 1.88. The smallest absolute Gasteiger partial charge is 0.273 e. The first-order valence-electron chi connectivity index (χ1n) is 10.8. The molecule has 4 rings (SSSR count). The van der Waals surface area contributed by atoms with Crippen molar-refractivity contribution in [1.29, 1.82) is 0 Å². The van der Waals surface area contributed by atoms with Gasteiger partial charge in [-0.25, -0.2) is 8.78 Å². The highest BCUT2D eigenvalue weighted by Gasteiger charge is 2.38. The fourth-order valence-corrected chi connectivity index (χ4v) is 3.98. The standard InChI is InChI=1S/C27H26F2N2O/c1-2-27(28,29)23-13-8-12-22(18-23)26(25-15-6-7-16-30-25,19-21-10-4-3-5-11-21)31-20-24-14-9-17-32-24/h3-18,31H,2,19-20H2,1H3. The van der Waals surface area contributed by atoms with Crippen molar-refractivity contribution in [3.05, 3.63) is 126 Å². The second kappa shape index (κ2) is 9.45. The third kappa shape index (κ3) is 4.63. The van der Waals surface area contributed by atoms with E-state index in [9.17, 15) is 8.78 Å². The molecule has 1 unspecified atom stereocenters. The lowest BCUT2D eigenvalue weighted by Gasteiger charge is -2.36. The van der Waals surface area contributed by atoms with Gasteiger partial charge in [0.25, 0.3) is 5.92 Å². The topological polar surface area (TPSA) is 38.1 Å². The normalized spacial score (nSPS) is 13.6. The molecule has 0 radical (unpaired) electrons. The van der Waals surface area contributed by atoms with E-state index in [1.54, 1.807) is 24.6 Å². The van der Waals surface area contributed by atoms with Crippen molar-refractivity contribution in [1.82, 2.24) is 10.3 Å². The summed E-state index contributed by atoms with van der Waals surface area (Å²) in [6, 6.07) is 26.1. The van der Waals surface area contributed by atoms with Gasteiger partial charge in [0, 0.05) is 24.6 Å². The van der Waals surface area contributed by atoms with Crippen LogP contribution in [0.15, 0.2) is 102 Å². The number of hydrogen-bond donors (Lipinski definition) is 1. The van der Waals surface area contributed by atoms with E-state index in [1.807, 2.05) is 66.7 Å². The van der Waals surface area contributed by atoms with Gasteiger partial charge in [0.1, 0.15) is 5.76 Å². The van der Waals surface area contributed by atoms with Crippen LogP contribution in [0.3, 0.4) is 0 Å². The minimum absolute atomic E-state index is 0.00525. The van der Waals surface area contributed by atoms with Gasteiger partial charge >= 0.3 is 0 Å². The fraction of sp³-hybridized carbons (Fsp3) is 0.222. The molecule has 0 spiro atoms. The molecule has 1 atom stereocenters. The van der Waals surface area contributed by atoms with E-state index in [1.165, 1.54) is 13.0 Å². The summed E-state index contributed by atoms with van der Waals surface area (Å²) in [6.45, 7) is 1.92. The highest BCUT2D eigenvalue weighted by molar-refractivity contribution is 5.41. The Hall–Kier alpha value is -3.31. The maximum Gasteiger partial charge on any atom is 0.273 e. The Morgan fingerprint density at radius 3 is 2.34 bits per heavy atom. The summed E-state index contributed by atoms with van der Waals surface area (Å²) in [4.78, 5) is 4.66. The molecule has 2 aromatic carbocycles. The van der Waals surface area contributed by atoms with Crippen molar-refractivity contribution in [3.8, 4) is 0 Å². The lowest BCUT2D eigenvalue weighted by atomic mass is 9.79. The number of hydrogen-bond acceptors (Lipinski definition) is 3. The van der Waals surface area contributed by atoms with Crippen LogP contribution in [-0.2, 0) is 24.4 Å². The number of nitrogens with zero attached hydrogens (tertiary/aromatic N) is 1. The number of furan rings is 1. The SMILES string of the molecule is CCC(F)(F)c1cccc(C(Cc2ccccc2)(NCc2ccco2)c2ccccn2)c1. The van der Waals surface area contributed by atoms with Crippen LogP contribution in [0.5, 0.6) is 0 Å². The minimum Gasteiger partial charge on any atom is -0.468 e. The van der Waals surface area contributed by atoms with Crippen molar-refractivity contribution < 1.29 is 13.2 Å². The van der Waals surface area contributed by atoms with Gasteiger partial charge in [-0.2, -0.15) is 0 Å². The quantitative estimate of drug-likeness (QED) is 0.330. The second-order valence-electron chi connectivity index (χ2n) is 7.85. The lowest BCUT2D eigenvalue weighted by Crippen LogP contribution is -2.46. The summed E-state index contributed by atoms with van der Waals surface area (Å²) < 4.78 is 34.8. The Bertz CT molecular complexity index is 1110. The van der Waals surface area contributed by atoms with E-state index in [-0.39, 0.29) is 12.0 Å². The molecule has 3 nitrogen and oxygen atoms in total. The monoisotopic (exact) mass is 432 g/mol. The maximum atomic E-state index is 14.6. The first-order valence-corrected chi connectivity index (χ1v) is 10.8. The van der Waals surface area contributed by atoms with Crippen LogP contribution in [0.25, 0.3) is 0 Å². The largest absolute Gasteiger partial charge is 0.468 e. The van der Waals surface area contributed by atoms with Gasteiger partial charge in [-0.1, -0.05) is 61.5 Å². The Kier molecular flexibility index (Phi) is 6.47. The minimum atomic E-state index is -2.90. The molecule has 0 bridgehead atoms. The van der Waals surface area contributed by atoms with Crippen LogP contribution in [0.1, 0.15) is 41.5 Å². The number of alkyl halides is 2. The molecule has 5 heteroatoms. The molecule has 0 aliphatic rings. The van der Waals surface area contributed by atoms with Crippen LogP contribution in [0.4, 0.5) is 8.78 Å². The predicted molar refractivity (Wildman–Crippen MR) is 121 cm³/mol. The molecule has 1 N–H and O–H groups in total. The van der Waals surface area contributed by atoms with E-state index < -0.39 is 11.5 Å². The summed E-state index contributed by atoms with van der Waals surface area (Å²) >= 11 is 0. The van der Waals surface area contributed by atoms with Gasteiger partial charge in [-0.05, 0) is 41.5 Å². The van der Waals surface area contributed by atoms with Crippen molar-refractivity contribution in [3.63, 3.8) is 0 Å². The van der Waals surface area contributed by atoms with Crippen LogP contribution in [0, 0.1) is 0 Å². The molecule has 32 heavy (non-hydrogen) atoms. The number of aromatic nitrogens is 1. The molecular formula is C27H26F2N2O. The number of rotatable bonds is 9. The predicted octanol–water partition coefficient (Wildman–Crippen LogP) is 6.45. The summed E-state index contributed by atoms with van der Waals surface area (Å²) in [7, 11) is 0. The molecule has 0 aliphatic carbocycles. The average molecular weight is 433 g/mol. The summed E-state index contributed by atoms with van der Waals surface area (Å²) in [5.41, 5.74) is 1.72. The van der Waals surface area contributed by atoms with Crippen molar-refractivity contribution in [2.75, 3.05) is 0 Å². The number of halogens is 2. The van der Waals surface area contributed by atoms with Gasteiger partial charge in [0.2, 0.25) is 0 Å². The molecule has 164 valence electrons. The molecule has 2 aromatic heterocycles. The molecule has 0 aliphatic heterocycles. The van der Waals surface area contributed by atoms with E-state index in [2.05, 4.69) is 10.3 Å². The molecule has 4 aromatic rings. The molecule has 0 amide bonds. The van der Waals surface area contributed by atoms with Gasteiger partial charge in [-0.15, -0.1) is 0 Å². The first-order chi connectivity index (χ1) is 15.5. The number of nitrogens with one attached hydrogen (secondary N) is 1. The van der Waals surface area contributed by atoms with Crippen LogP contribution < -0.4 is 5.32 Å². The third-order valence-corrected chi connectivity index (χ3v) is 5.78. The zero-order chi connectivity index (χ0) is 22.4. The Morgan fingerprint density at radius 2 is 1.66 bits per heavy atom. The molecule has 0 fully saturated rings. The Morgan fingerprint density at radius 1 is 0.875 bits per heavy atom. The molecule has 0 saturated heterocycles. The van der Waals surface area contributed by atoms with Gasteiger partial charge in [0.05, 0.1) is 24.0 Å². The van der Waals surface area contributed by atoms with Gasteiger partial charge < -0.3 is 4.42 Å². The van der Waals surface area contributed by atoms with Crippen LogP contribution in [0.2, 0.25) is 0 Å².